The van der Waals surface area contributed by atoms with Gasteiger partial charge in [0, 0.05) is 25.1 Å². The fourth-order valence-corrected chi connectivity index (χ4v) is 5.89. The Morgan fingerprint density at radius 3 is 2.31 bits per heavy atom. The van der Waals surface area contributed by atoms with Crippen molar-refractivity contribution in [1.82, 2.24) is 9.88 Å². The second kappa shape index (κ2) is 11.9. The molecule has 0 spiro atoms. The number of carbonyl (C=O) groups excluding carboxylic acids is 1. The number of anilines is 1. The van der Waals surface area contributed by atoms with Gasteiger partial charge >= 0.3 is 24.4 Å². The molecule has 3 atom stereocenters. The number of halogens is 7. The first kappa shape index (κ1) is 32.6. The molecule has 242 valence electrons. The van der Waals surface area contributed by atoms with Crippen LogP contribution in [0.2, 0.25) is 0 Å². The molecule has 1 aromatic heterocycles. The predicted octanol–water partition coefficient (Wildman–Crippen LogP) is 7.99. The molecule has 3 heterocycles. The first-order chi connectivity index (χ1) is 20.9. The normalized spacial score (nSPS) is 23.8. The highest BCUT2D eigenvalue weighted by molar-refractivity contribution is 6.30. The van der Waals surface area contributed by atoms with Crippen LogP contribution in [-0.4, -0.2) is 51.1 Å². The van der Waals surface area contributed by atoms with E-state index in [-0.39, 0.29) is 25.5 Å². The van der Waals surface area contributed by atoms with Crippen LogP contribution in [0.1, 0.15) is 73.6 Å². The van der Waals surface area contributed by atoms with Gasteiger partial charge in [-0.25, -0.2) is 9.78 Å². The maximum Gasteiger partial charge on any atom is 0.416 e. The Hall–Kier alpha value is -3.74. The van der Waals surface area contributed by atoms with Crippen LogP contribution in [0, 0.1) is 0 Å². The molecule has 1 amide bonds. The lowest BCUT2D eigenvalue weighted by atomic mass is 9.83. The SMILES string of the molecule is C[C@H]1[C@@H](c2cc(C(F)(F)F)cc(C(F)(F)F)c2)OC(=O)N1Cc1nc(N2CCC2)ccc1C1=CC(CCC(=O)O)=CCC1(C)Cl. The Balaban J connectivity index is 1.52. The van der Waals surface area contributed by atoms with Crippen LogP contribution in [0.15, 0.2) is 48.1 Å². The zero-order valence-corrected chi connectivity index (χ0v) is 25.1. The molecular formula is C31H30ClF6N3O4. The van der Waals surface area contributed by atoms with Crippen molar-refractivity contribution in [2.45, 2.75) is 75.4 Å². The molecule has 1 N–H and O–H groups in total. The van der Waals surface area contributed by atoms with Crippen LogP contribution >= 0.6 is 11.6 Å². The molecule has 2 aromatic rings. The molecular weight excluding hydrogens is 628 g/mol. The van der Waals surface area contributed by atoms with Crippen molar-refractivity contribution in [2.24, 2.45) is 0 Å². The van der Waals surface area contributed by atoms with Crippen molar-refractivity contribution in [3.63, 3.8) is 0 Å². The number of amides is 1. The van der Waals surface area contributed by atoms with Gasteiger partial charge < -0.3 is 14.7 Å². The maximum atomic E-state index is 13.6. The summed E-state index contributed by atoms with van der Waals surface area (Å²) in [5, 5.41) is 9.16. The van der Waals surface area contributed by atoms with Crippen LogP contribution in [0.4, 0.5) is 37.0 Å². The molecule has 2 saturated heterocycles. The van der Waals surface area contributed by atoms with Crippen molar-refractivity contribution in [3.05, 3.63) is 76.0 Å². The highest BCUT2D eigenvalue weighted by atomic mass is 35.5. The fourth-order valence-electron chi connectivity index (χ4n) is 5.65. The minimum absolute atomic E-state index is 0.0282. The largest absolute Gasteiger partial charge is 0.481 e. The Bertz CT molecular complexity index is 1530. The van der Waals surface area contributed by atoms with E-state index in [1.165, 1.54) is 11.8 Å². The average Bonchev–Trinajstić information content (AvgIpc) is 3.19. The molecule has 1 aromatic carbocycles. The van der Waals surface area contributed by atoms with E-state index in [1.807, 2.05) is 23.1 Å². The van der Waals surface area contributed by atoms with Gasteiger partial charge in [0.05, 0.1) is 34.3 Å². The highest BCUT2D eigenvalue weighted by Gasteiger charge is 2.44. The van der Waals surface area contributed by atoms with E-state index in [2.05, 4.69) is 0 Å². The number of cyclic esters (lactones) is 1. The number of rotatable bonds is 8. The second-order valence-corrected chi connectivity index (χ2v) is 12.5. The fraction of sp³-hybridized carbons (Fsp3) is 0.452. The van der Waals surface area contributed by atoms with Gasteiger partial charge in [0.15, 0.2) is 0 Å². The number of hydrogen-bond donors (Lipinski definition) is 1. The number of allylic oxidation sites excluding steroid dienone is 4. The minimum Gasteiger partial charge on any atom is -0.481 e. The van der Waals surface area contributed by atoms with E-state index >= 15 is 0 Å². The Labute approximate surface area is 260 Å². The Morgan fingerprint density at radius 2 is 1.76 bits per heavy atom. The molecule has 1 aliphatic carbocycles. The van der Waals surface area contributed by atoms with Crippen molar-refractivity contribution in [3.8, 4) is 0 Å². The number of pyridine rings is 1. The zero-order valence-electron chi connectivity index (χ0n) is 24.3. The number of nitrogens with zero attached hydrogens (tertiary/aromatic N) is 3. The van der Waals surface area contributed by atoms with E-state index in [0.717, 1.165) is 25.1 Å². The number of aromatic nitrogens is 1. The Morgan fingerprint density at radius 1 is 1.11 bits per heavy atom. The smallest absolute Gasteiger partial charge is 0.416 e. The monoisotopic (exact) mass is 657 g/mol. The van der Waals surface area contributed by atoms with E-state index in [4.69, 9.17) is 26.4 Å². The van der Waals surface area contributed by atoms with E-state index in [0.29, 0.717) is 41.2 Å². The number of carboxylic acid groups (broad SMARTS) is 1. The lowest BCUT2D eigenvalue weighted by molar-refractivity contribution is -0.143. The van der Waals surface area contributed by atoms with E-state index in [9.17, 15) is 35.9 Å². The third kappa shape index (κ3) is 6.92. The second-order valence-electron chi connectivity index (χ2n) is 11.6. The number of alkyl halides is 7. The molecule has 1 unspecified atom stereocenters. The van der Waals surface area contributed by atoms with Gasteiger partial charge in [-0.3, -0.25) is 9.69 Å². The molecule has 2 aliphatic heterocycles. The standard InChI is InChI=1S/C31H30ClF6N3O4/c1-17-27(19-13-20(30(33,34)35)15-21(14-19)31(36,37)38)45-28(44)41(17)16-24-22(5-6-25(39-24)40-10-3-11-40)23-12-18(4-7-26(42)43)8-9-29(23,2)32/h5-6,8,12-15,17,27H,3-4,7,9-11,16H2,1-2H3,(H,42,43)/t17-,27-,29?/m0/s1. The molecule has 0 saturated carbocycles. The summed E-state index contributed by atoms with van der Waals surface area (Å²) in [6, 6.07) is 3.83. The average molecular weight is 658 g/mol. The van der Waals surface area contributed by atoms with Crippen molar-refractivity contribution in [1.29, 1.82) is 0 Å². The number of ether oxygens (including phenoxy) is 1. The first-order valence-electron chi connectivity index (χ1n) is 14.3. The van der Waals surface area contributed by atoms with Gasteiger partial charge in [-0.05, 0) is 74.6 Å². The molecule has 5 rings (SSSR count). The van der Waals surface area contributed by atoms with Crippen LogP contribution in [-0.2, 0) is 28.4 Å². The maximum absolute atomic E-state index is 13.6. The number of aliphatic carboxylic acids is 1. The number of carbonyl (C=O) groups is 2. The minimum atomic E-state index is -5.06. The molecule has 0 bridgehead atoms. The number of carboxylic acids is 1. The summed E-state index contributed by atoms with van der Waals surface area (Å²) in [5.41, 5.74) is -1.03. The number of benzene rings is 1. The van der Waals surface area contributed by atoms with Gasteiger partial charge in [0.25, 0.3) is 0 Å². The van der Waals surface area contributed by atoms with Gasteiger partial charge in [0.2, 0.25) is 0 Å². The zero-order chi connectivity index (χ0) is 32.9. The summed E-state index contributed by atoms with van der Waals surface area (Å²) in [4.78, 5) is 31.5. The summed E-state index contributed by atoms with van der Waals surface area (Å²) in [5.74, 6) is -0.315. The molecule has 7 nitrogen and oxygen atoms in total. The van der Waals surface area contributed by atoms with Crippen molar-refractivity contribution in [2.75, 3.05) is 18.0 Å². The van der Waals surface area contributed by atoms with Crippen LogP contribution in [0.5, 0.6) is 0 Å². The first-order valence-corrected chi connectivity index (χ1v) is 14.7. The highest BCUT2D eigenvalue weighted by Crippen LogP contribution is 2.44. The van der Waals surface area contributed by atoms with Crippen LogP contribution < -0.4 is 4.90 Å². The van der Waals surface area contributed by atoms with Gasteiger partial charge in [-0.2, -0.15) is 26.3 Å². The summed E-state index contributed by atoms with van der Waals surface area (Å²) in [7, 11) is 0. The van der Waals surface area contributed by atoms with Crippen molar-refractivity contribution < 1.29 is 45.8 Å². The lowest BCUT2D eigenvalue weighted by Crippen LogP contribution is -2.38. The van der Waals surface area contributed by atoms with Crippen LogP contribution in [0.25, 0.3) is 5.57 Å². The van der Waals surface area contributed by atoms with Gasteiger partial charge in [-0.15, -0.1) is 11.6 Å². The molecule has 2 fully saturated rings. The van der Waals surface area contributed by atoms with E-state index < -0.39 is 58.1 Å². The van der Waals surface area contributed by atoms with E-state index in [1.54, 1.807) is 13.0 Å². The summed E-state index contributed by atoms with van der Waals surface area (Å²) >= 11 is 6.94. The molecule has 14 heteroatoms. The predicted molar refractivity (Wildman–Crippen MR) is 154 cm³/mol. The number of hydrogen-bond acceptors (Lipinski definition) is 5. The third-order valence-corrected chi connectivity index (χ3v) is 8.70. The van der Waals surface area contributed by atoms with Crippen molar-refractivity contribution >= 4 is 35.1 Å². The molecule has 3 aliphatic rings. The lowest BCUT2D eigenvalue weighted by Gasteiger charge is -2.34. The van der Waals surface area contributed by atoms with Gasteiger partial charge in [-0.1, -0.05) is 17.7 Å². The Kier molecular flexibility index (Phi) is 8.62. The summed E-state index contributed by atoms with van der Waals surface area (Å²) < 4.78 is 86.7. The molecule has 0 radical (unpaired) electrons. The van der Waals surface area contributed by atoms with Gasteiger partial charge in [0.1, 0.15) is 11.9 Å². The summed E-state index contributed by atoms with van der Waals surface area (Å²) in [6.07, 6.45) is -7.23. The summed E-state index contributed by atoms with van der Waals surface area (Å²) in [6.45, 7) is 4.65. The molecule has 45 heavy (non-hydrogen) atoms. The quantitative estimate of drug-likeness (QED) is 0.229. The third-order valence-electron chi connectivity index (χ3n) is 8.35. The topological polar surface area (TPSA) is 83.0 Å². The van der Waals surface area contributed by atoms with Crippen LogP contribution in [0.3, 0.4) is 0 Å².